The highest BCUT2D eigenvalue weighted by molar-refractivity contribution is 5.85. The van der Waals surface area contributed by atoms with Gasteiger partial charge in [-0.15, -0.1) is 5.10 Å². The molecule has 1 aliphatic rings. The van der Waals surface area contributed by atoms with E-state index in [0.717, 1.165) is 5.56 Å². The molecular weight excluding hydrogens is 258 g/mol. The van der Waals surface area contributed by atoms with E-state index in [1.807, 2.05) is 30.3 Å². The van der Waals surface area contributed by atoms with Gasteiger partial charge in [0.2, 0.25) is 0 Å². The Kier molecular flexibility index (Phi) is 3.23. The number of hydrogen-bond donors (Lipinski definition) is 1. The van der Waals surface area contributed by atoms with Gasteiger partial charge in [0.05, 0.1) is 12.7 Å². The number of carbonyl (C=O) groups is 1. The number of carbonyl (C=O) groups excluding carboxylic acids is 1. The first kappa shape index (κ1) is 12.8. The molecule has 1 N–H and O–H groups in total. The fourth-order valence-electron chi connectivity index (χ4n) is 2.47. The average molecular weight is 273 g/mol. The Bertz CT molecular complexity index is 624. The molecule has 2 heterocycles. The number of benzene rings is 1. The minimum atomic E-state index is -0.580. The SMILES string of the molecule is CCOC(=O)c1nc2n(n1)[C@H](c1ccccc1)[C@H](O)C2. The molecule has 0 unspecified atom stereocenters. The first-order chi connectivity index (χ1) is 9.70. The van der Waals surface area contributed by atoms with Crippen LogP contribution in [-0.2, 0) is 11.2 Å². The first-order valence-electron chi connectivity index (χ1n) is 6.56. The summed E-state index contributed by atoms with van der Waals surface area (Å²) in [6, 6.07) is 9.27. The van der Waals surface area contributed by atoms with Gasteiger partial charge < -0.3 is 9.84 Å². The minimum Gasteiger partial charge on any atom is -0.460 e. The molecule has 2 atom stereocenters. The van der Waals surface area contributed by atoms with Gasteiger partial charge in [-0.1, -0.05) is 30.3 Å². The standard InChI is InChI=1S/C14H15N3O3/c1-2-20-14(19)13-15-11-8-10(18)12(17(11)16-13)9-6-4-3-5-7-9/h3-7,10,12,18H,2,8H2,1H3/t10-,12-/m1/s1. The highest BCUT2D eigenvalue weighted by atomic mass is 16.5. The van der Waals surface area contributed by atoms with Gasteiger partial charge in [0.25, 0.3) is 5.82 Å². The summed E-state index contributed by atoms with van der Waals surface area (Å²) in [7, 11) is 0. The maximum Gasteiger partial charge on any atom is 0.378 e. The van der Waals surface area contributed by atoms with Crippen LogP contribution >= 0.6 is 0 Å². The third kappa shape index (κ3) is 2.08. The number of aliphatic hydroxyl groups excluding tert-OH is 1. The maximum atomic E-state index is 11.7. The molecule has 1 aliphatic heterocycles. The van der Waals surface area contributed by atoms with Gasteiger partial charge in [0.1, 0.15) is 11.9 Å². The molecule has 0 fully saturated rings. The van der Waals surface area contributed by atoms with Crippen LogP contribution in [0.3, 0.4) is 0 Å². The Hall–Kier alpha value is -2.21. The van der Waals surface area contributed by atoms with Gasteiger partial charge in [-0.25, -0.2) is 14.5 Å². The number of fused-ring (bicyclic) bond motifs is 1. The number of nitrogens with zero attached hydrogens (tertiary/aromatic N) is 3. The number of rotatable bonds is 3. The van der Waals surface area contributed by atoms with Gasteiger partial charge in [-0.05, 0) is 12.5 Å². The minimum absolute atomic E-state index is 0.0506. The van der Waals surface area contributed by atoms with Crippen LogP contribution in [0.1, 0.15) is 35.0 Å². The monoisotopic (exact) mass is 273 g/mol. The van der Waals surface area contributed by atoms with Crippen LogP contribution in [0, 0.1) is 0 Å². The Labute approximate surface area is 116 Å². The molecule has 1 aromatic carbocycles. The molecule has 0 bridgehead atoms. The van der Waals surface area contributed by atoms with Gasteiger partial charge in [-0.2, -0.15) is 0 Å². The fraction of sp³-hybridized carbons (Fsp3) is 0.357. The van der Waals surface area contributed by atoms with Crippen molar-refractivity contribution in [2.45, 2.75) is 25.5 Å². The molecule has 0 amide bonds. The summed E-state index contributed by atoms with van der Waals surface area (Å²) < 4.78 is 6.51. The summed E-state index contributed by atoms with van der Waals surface area (Å²) in [5.74, 6) is 0.125. The second kappa shape index (κ2) is 5.05. The molecule has 3 rings (SSSR count). The van der Waals surface area contributed by atoms with E-state index in [0.29, 0.717) is 12.2 Å². The van der Waals surface area contributed by atoms with Crippen LogP contribution in [0.25, 0.3) is 0 Å². The number of esters is 1. The molecule has 0 saturated carbocycles. The van der Waals surface area contributed by atoms with Crippen molar-refractivity contribution >= 4 is 5.97 Å². The van der Waals surface area contributed by atoms with Crippen molar-refractivity contribution in [2.24, 2.45) is 0 Å². The van der Waals surface area contributed by atoms with Crippen molar-refractivity contribution < 1.29 is 14.6 Å². The Morgan fingerprint density at radius 1 is 1.45 bits per heavy atom. The Morgan fingerprint density at radius 2 is 2.20 bits per heavy atom. The molecule has 0 aliphatic carbocycles. The summed E-state index contributed by atoms with van der Waals surface area (Å²) >= 11 is 0. The van der Waals surface area contributed by atoms with Crippen molar-refractivity contribution in [2.75, 3.05) is 6.61 Å². The summed E-state index contributed by atoms with van der Waals surface area (Å²) in [6.45, 7) is 2.02. The van der Waals surface area contributed by atoms with Gasteiger partial charge in [0.15, 0.2) is 0 Å². The smallest absolute Gasteiger partial charge is 0.378 e. The average Bonchev–Trinajstić information content (AvgIpc) is 2.96. The zero-order chi connectivity index (χ0) is 14.1. The lowest BCUT2D eigenvalue weighted by molar-refractivity contribution is 0.0509. The van der Waals surface area contributed by atoms with Crippen LogP contribution in [0.15, 0.2) is 30.3 Å². The Balaban J connectivity index is 1.95. The van der Waals surface area contributed by atoms with Crippen molar-refractivity contribution in [1.29, 1.82) is 0 Å². The summed E-state index contributed by atoms with van der Waals surface area (Å²) in [6.07, 6.45) is -0.199. The lowest BCUT2D eigenvalue weighted by Gasteiger charge is -2.16. The molecule has 0 saturated heterocycles. The zero-order valence-electron chi connectivity index (χ0n) is 11.1. The first-order valence-corrected chi connectivity index (χ1v) is 6.56. The number of ether oxygens (including phenoxy) is 1. The number of hydrogen-bond acceptors (Lipinski definition) is 5. The van der Waals surface area contributed by atoms with Gasteiger partial charge in [0, 0.05) is 6.42 Å². The van der Waals surface area contributed by atoms with Crippen LogP contribution in [0.2, 0.25) is 0 Å². The van der Waals surface area contributed by atoms with E-state index in [-0.39, 0.29) is 18.5 Å². The van der Waals surface area contributed by atoms with Gasteiger partial charge in [-0.3, -0.25) is 0 Å². The topological polar surface area (TPSA) is 77.2 Å². The van der Waals surface area contributed by atoms with Crippen LogP contribution in [0.5, 0.6) is 0 Å². The number of aliphatic hydroxyl groups is 1. The third-order valence-corrected chi connectivity index (χ3v) is 3.32. The quantitative estimate of drug-likeness (QED) is 0.843. The van der Waals surface area contributed by atoms with E-state index >= 15 is 0 Å². The van der Waals surface area contributed by atoms with E-state index in [4.69, 9.17) is 4.74 Å². The predicted molar refractivity (Wildman–Crippen MR) is 70.3 cm³/mol. The molecule has 1 aromatic heterocycles. The normalized spacial score (nSPS) is 20.7. The largest absolute Gasteiger partial charge is 0.460 e. The van der Waals surface area contributed by atoms with Crippen molar-refractivity contribution in [3.63, 3.8) is 0 Å². The Morgan fingerprint density at radius 3 is 2.90 bits per heavy atom. The van der Waals surface area contributed by atoms with E-state index in [1.165, 1.54) is 0 Å². The van der Waals surface area contributed by atoms with E-state index in [1.54, 1.807) is 11.6 Å². The maximum absolute atomic E-state index is 11.7. The van der Waals surface area contributed by atoms with E-state index in [9.17, 15) is 9.90 Å². The van der Waals surface area contributed by atoms with Gasteiger partial charge >= 0.3 is 5.97 Å². The van der Waals surface area contributed by atoms with E-state index in [2.05, 4.69) is 10.1 Å². The summed E-state index contributed by atoms with van der Waals surface area (Å²) in [5, 5.41) is 14.4. The summed E-state index contributed by atoms with van der Waals surface area (Å²) in [5.41, 5.74) is 0.944. The second-order valence-corrected chi connectivity index (χ2v) is 4.64. The fourth-order valence-corrected chi connectivity index (χ4v) is 2.47. The second-order valence-electron chi connectivity index (χ2n) is 4.64. The lowest BCUT2D eigenvalue weighted by atomic mass is 10.0. The third-order valence-electron chi connectivity index (χ3n) is 3.32. The molecule has 2 aromatic rings. The molecule has 0 radical (unpaired) electrons. The van der Waals surface area contributed by atoms with Crippen molar-refractivity contribution in [1.82, 2.24) is 14.8 Å². The molecular formula is C14H15N3O3. The summed E-state index contributed by atoms with van der Waals surface area (Å²) in [4.78, 5) is 15.8. The predicted octanol–water partition coefficient (Wildman–Crippen LogP) is 0.961. The molecule has 6 nitrogen and oxygen atoms in total. The molecule has 104 valence electrons. The lowest BCUT2D eigenvalue weighted by Crippen LogP contribution is -2.21. The zero-order valence-corrected chi connectivity index (χ0v) is 11.1. The molecule has 20 heavy (non-hydrogen) atoms. The van der Waals surface area contributed by atoms with Crippen LogP contribution < -0.4 is 0 Å². The van der Waals surface area contributed by atoms with Crippen LogP contribution in [0.4, 0.5) is 0 Å². The van der Waals surface area contributed by atoms with Crippen LogP contribution in [-0.4, -0.2) is 38.6 Å². The van der Waals surface area contributed by atoms with Crippen molar-refractivity contribution in [3.05, 3.63) is 47.5 Å². The number of aromatic nitrogens is 3. The molecule has 0 spiro atoms. The van der Waals surface area contributed by atoms with Crippen molar-refractivity contribution in [3.8, 4) is 0 Å². The highest BCUT2D eigenvalue weighted by Gasteiger charge is 2.36. The highest BCUT2D eigenvalue weighted by Crippen LogP contribution is 2.30. The molecule has 6 heteroatoms. The van der Waals surface area contributed by atoms with E-state index < -0.39 is 12.1 Å².